The summed E-state index contributed by atoms with van der Waals surface area (Å²) in [5.74, 6) is 1.26. The number of halogens is 1. The summed E-state index contributed by atoms with van der Waals surface area (Å²) in [4.78, 5) is 20.8. The van der Waals surface area contributed by atoms with E-state index >= 15 is 0 Å². The SMILES string of the molecule is CNC(=O)c1cnc(Nc2cc(C)c(F)cn2)cc1Nc1cccc(-c2nnc(C)o2)c1OC. The van der Waals surface area contributed by atoms with Gasteiger partial charge in [0, 0.05) is 26.2 Å². The molecule has 0 spiro atoms. The van der Waals surface area contributed by atoms with Crippen molar-refractivity contribution in [3.8, 4) is 17.2 Å². The molecule has 0 fully saturated rings. The van der Waals surface area contributed by atoms with Crippen LogP contribution < -0.4 is 20.7 Å². The van der Waals surface area contributed by atoms with Gasteiger partial charge in [-0.2, -0.15) is 0 Å². The van der Waals surface area contributed by atoms with Crippen molar-refractivity contribution in [2.45, 2.75) is 13.8 Å². The molecule has 3 aromatic heterocycles. The molecule has 0 aliphatic carbocycles. The number of benzene rings is 1. The van der Waals surface area contributed by atoms with Crippen molar-refractivity contribution in [3.05, 3.63) is 65.6 Å². The van der Waals surface area contributed by atoms with Crippen LogP contribution in [-0.2, 0) is 0 Å². The smallest absolute Gasteiger partial charge is 0.254 e. The van der Waals surface area contributed by atoms with Gasteiger partial charge in [-0.15, -0.1) is 10.2 Å². The molecule has 34 heavy (non-hydrogen) atoms. The first kappa shape index (κ1) is 22.6. The number of amides is 1. The van der Waals surface area contributed by atoms with E-state index in [9.17, 15) is 9.18 Å². The van der Waals surface area contributed by atoms with Crippen LogP contribution in [0.3, 0.4) is 0 Å². The minimum absolute atomic E-state index is 0.303. The highest BCUT2D eigenvalue weighted by Gasteiger charge is 2.19. The fourth-order valence-electron chi connectivity index (χ4n) is 3.26. The van der Waals surface area contributed by atoms with E-state index in [0.29, 0.717) is 57.2 Å². The van der Waals surface area contributed by atoms with Crippen molar-refractivity contribution >= 4 is 28.9 Å². The zero-order valence-electron chi connectivity index (χ0n) is 18.9. The van der Waals surface area contributed by atoms with Crippen LogP contribution in [0.1, 0.15) is 21.8 Å². The van der Waals surface area contributed by atoms with Crippen molar-refractivity contribution in [1.82, 2.24) is 25.5 Å². The van der Waals surface area contributed by atoms with Crippen molar-refractivity contribution in [3.63, 3.8) is 0 Å². The number of carbonyl (C=O) groups is 1. The minimum Gasteiger partial charge on any atom is -0.494 e. The lowest BCUT2D eigenvalue weighted by Gasteiger charge is -2.16. The maximum atomic E-state index is 13.6. The highest BCUT2D eigenvalue weighted by Crippen LogP contribution is 2.38. The molecule has 11 heteroatoms. The fourth-order valence-corrected chi connectivity index (χ4v) is 3.26. The molecular weight excluding hydrogens is 441 g/mol. The van der Waals surface area contributed by atoms with Gasteiger partial charge in [0.25, 0.3) is 11.8 Å². The molecule has 0 unspecified atom stereocenters. The Bertz CT molecular complexity index is 1360. The summed E-state index contributed by atoms with van der Waals surface area (Å²) in [6.07, 6.45) is 2.56. The third kappa shape index (κ3) is 4.63. The summed E-state index contributed by atoms with van der Waals surface area (Å²) < 4.78 is 24.7. The van der Waals surface area contributed by atoms with Gasteiger partial charge < -0.3 is 25.1 Å². The Hall–Kier alpha value is -4.54. The number of methoxy groups -OCH3 is 1. The summed E-state index contributed by atoms with van der Waals surface area (Å²) in [7, 11) is 3.05. The molecule has 0 aliphatic rings. The van der Waals surface area contributed by atoms with Crippen molar-refractivity contribution < 1.29 is 18.3 Å². The second-order valence-electron chi connectivity index (χ2n) is 7.28. The van der Waals surface area contributed by atoms with Gasteiger partial charge in [0.1, 0.15) is 17.5 Å². The average molecular weight is 463 g/mol. The van der Waals surface area contributed by atoms with Crippen LogP contribution in [0.25, 0.3) is 11.5 Å². The molecule has 1 amide bonds. The van der Waals surface area contributed by atoms with Gasteiger partial charge in [0.15, 0.2) is 5.75 Å². The summed E-state index contributed by atoms with van der Waals surface area (Å²) in [5.41, 5.74) is 2.35. The van der Waals surface area contributed by atoms with E-state index in [1.165, 1.54) is 20.4 Å². The molecule has 0 saturated heterocycles. The molecule has 1 aromatic carbocycles. The van der Waals surface area contributed by atoms with Crippen molar-refractivity contribution in [2.75, 3.05) is 24.8 Å². The van der Waals surface area contributed by atoms with Gasteiger partial charge in [-0.1, -0.05) is 6.07 Å². The Morgan fingerprint density at radius 3 is 2.47 bits per heavy atom. The number of hydrogen-bond donors (Lipinski definition) is 3. The number of aryl methyl sites for hydroxylation is 2. The van der Waals surface area contributed by atoms with E-state index in [1.807, 2.05) is 0 Å². The zero-order chi connectivity index (χ0) is 24.2. The Morgan fingerprint density at radius 1 is 1.03 bits per heavy atom. The number of para-hydroxylation sites is 1. The molecule has 0 radical (unpaired) electrons. The molecule has 3 N–H and O–H groups in total. The monoisotopic (exact) mass is 463 g/mol. The van der Waals surface area contributed by atoms with Crippen LogP contribution in [0.15, 0.2) is 47.1 Å². The number of ether oxygens (including phenoxy) is 1. The van der Waals surface area contributed by atoms with Gasteiger partial charge >= 0.3 is 0 Å². The van der Waals surface area contributed by atoms with E-state index in [2.05, 4.69) is 36.1 Å². The maximum absolute atomic E-state index is 13.6. The maximum Gasteiger partial charge on any atom is 0.254 e. The Labute approximate surface area is 194 Å². The topological polar surface area (TPSA) is 127 Å². The molecular formula is C23H22FN7O3. The molecule has 0 atom stereocenters. The Morgan fingerprint density at radius 2 is 1.79 bits per heavy atom. The molecule has 174 valence electrons. The van der Waals surface area contributed by atoms with Gasteiger partial charge in [-0.3, -0.25) is 4.79 Å². The van der Waals surface area contributed by atoms with E-state index in [-0.39, 0.29) is 5.91 Å². The van der Waals surface area contributed by atoms with Crippen LogP contribution in [0, 0.1) is 19.7 Å². The van der Waals surface area contributed by atoms with Crippen LogP contribution in [0.2, 0.25) is 0 Å². The largest absolute Gasteiger partial charge is 0.494 e. The van der Waals surface area contributed by atoms with Crippen LogP contribution in [-0.4, -0.2) is 40.2 Å². The third-order valence-corrected chi connectivity index (χ3v) is 4.92. The number of anilines is 4. The second-order valence-corrected chi connectivity index (χ2v) is 7.28. The highest BCUT2D eigenvalue weighted by atomic mass is 19.1. The number of pyridine rings is 2. The molecule has 0 saturated carbocycles. The summed E-state index contributed by atoms with van der Waals surface area (Å²) in [6, 6.07) is 8.59. The highest BCUT2D eigenvalue weighted by molar-refractivity contribution is 6.00. The molecule has 10 nitrogen and oxygen atoms in total. The lowest BCUT2D eigenvalue weighted by molar-refractivity contribution is 0.0963. The van der Waals surface area contributed by atoms with Gasteiger partial charge in [-0.25, -0.2) is 14.4 Å². The Kier molecular flexibility index (Phi) is 6.35. The molecule has 4 rings (SSSR count). The molecule has 4 aromatic rings. The first-order chi connectivity index (χ1) is 16.4. The van der Waals surface area contributed by atoms with E-state index in [4.69, 9.17) is 9.15 Å². The minimum atomic E-state index is -0.403. The number of hydrogen-bond acceptors (Lipinski definition) is 9. The standard InChI is InChI=1S/C23H22FN7O3/c1-12-8-19(27-11-16(12)24)29-20-9-18(15(10-26-20)22(32)25-3)28-17-7-5-6-14(21(17)33-4)23-31-30-13(2)34-23/h5-11H,1-4H3,(H,25,32)(H2,26,27,28,29). The normalized spacial score (nSPS) is 10.6. The summed E-state index contributed by atoms with van der Waals surface area (Å²) in [6.45, 7) is 3.34. The summed E-state index contributed by atoms with van der Waals surface area (Å²) in [5, 5.41) is 16.8. The van der Waals surface area contributed by atoms with E-state index in [1.54, 1.807) is 44.2 Å². The van der Waals surface area contributed by atoms with Crippen molar-refractivity contribution in [1.29, 1.82) is 0 Å². The summed E-state index contributed by atoms with van der Waals surface area (Å²) >= 11 is 0. The predicted octanol–water partition coefficient (Wildman–Crippen LogP) is 4.14. The number of nitrogens with one attached hydrogen (secondary N) is 3. The number of rotatable bonds is 7. The van der Waals surface area contributed by atoms with E-state index < -0.39 is 5.82 Å². The zero-order valence-corrected chi connectivity index (χ0v) is 18.9. The molecule has 0 bridgehead atoms. The number of aromatic nitrogens is 4. The van der Waals surface area contributed by atoms with Crippen molar-refractivity contribution in [2.24, 2.45) is 0 Å². The average Bonchev–Trinajstić information content (AvgIpc) is 3.27. The van der Waals surface area contributed by atoms with Gasteiger partial charge in [0.05, 0.1) is 35.8 Å². The first-order valence-electron chi connectivity index (χ1n) is 10.3. The number of carbonyl (C=O) groups excluding carboxylic acids is 1. The molecule has 0 aliphatic heterocycles. The first-order valence-corrected chi connectivity index (χ1v) is 10.3. The fraction of sp³-hybridized carbons (Fsp3) is 0.174. The second kappa shape index (κ2) is 9.53. The van der Waals surface area contributed by atoms with Crippen LogP contribution in [0.4, 0.5) is 27.4 Å². The van der Waals surface area contributed by atoms with Crippen LogP contribution in [0.5, 0.6) is 5.75 Å². The van der Waals surface area contributed by atoms with Gasteiger partial charge in [-0.05, 0) is 30.7 Å². The van der Waals surface area contributed by atoms with Crippen LogP contribution >= 0.6 is 0 Å². The van der Waals surface area contributed by atoms with E-state index in [0.717, 1.165) is 6.20 Å². The Balaban J connectivity index is 1.73. The van der Waals surface area contributed by atoms with Gasteiger partial charge in [0.2, 0.25) is 5.89 Å². The quantitative estimate of drug-likeness (QED) is 0.370. The third-order valence-electron chi connectivity index (χ3n) is 4.92. The molecule has 3 heterocycles. The predicted molar refractivity (Wildman–Crippen MR) is 124 cm³/mol. The lowest BCUT2D eigenvalue weighted by Crippen LogP contribution is -2.19. The number of nitrogens with zero attached hydrogens (tertiary/aromatic N) is 4. The lowest BCUT2D eigenvalue weighted by atomic mass is 10.1.